The molecule has 0 unspecified atom stereocenters. The molecule has 0 atom stereocenters. The number of morpholine rings is 1. The van der Waals surface area contributed by atoms with E-state index in [1.807, 2.05) is 29.1 Å². The van der Waals surface area contributed by atoms with Crippen LogP contribution in [-0.4, -0.2) is 67.2 Å². The Kier molecular flexibility index (Phi) is 6.06. The van der Waals surface area contributed by atoms with Crippen molar-refractivity contribution >= 4 is 33.4 Å². The predicted octanol–water partition coefficient (Wildman–Crippen LogP) is 0.808. The van der Waals surface area contributed by atoms with E-state index in [9.17, 15) is 9.59 Å². The van der Waals surface area contributed by atoms with E-state index in [2.05, 4.69) is 15.5 Å². The van der Waals surface area contributed by atoms with Crippen LogP contribution in [0.1, 0.15) is 16.9 Å². The molecule has 1 aliphatic heterocycles. The second-order valence-electron chi connectivity index (χ2n) is 6.10. The summed E-state index contributed by atoms with van der Waals surface area (Å²) >= 11 is 1.60. The zero-order valence-electron chi connectivity index (χ0n) is 14.4. The number of carbonyl (C=O) groups excluding carboxylic acids is 2. The Labute approximate surface area is 150 Å². The summed E-state index contributed by atoms with van der Waals surface area (Å²) in [6, 6.07) is 3.84. The molecule has 1 saturated heterocycles. The quantitative estimate of drug-likeness (QED) is 0.713. The lowest BCUT2D eigenvalue weighted by molar-refractivity contribution is -0.120. The fraction of sp³-hybridized carbons (Fsp3) is 0.529. The number of hydrogen-bond acceptors (Lipinski definition) is 5. The van der Waals surface area contributed by atoms with Gasteiger partial charge >= 0.3 is 0 Å². The number of aryl methyl sites for hydroxylation is 1. The lowest BCUT2D eigenvalue weighted by Gasteiger charge is -2.26. The van der Waals surface area contributed by atoms with E-state index < -0.39 is 0 Å². The first-order valence-corrected chi connectivity index (χ1v) is 9.41. The average Bonchev–Trinajstić information content (AvgIpc) is 3.21. The van der Waals surface area contributed by atoms with E-state index in [0.717, 1.165) is 49.5 Å². The molecule has 136 valence electrons. The molecular formula is C17H24N4O3S. The second kappa shape index (κ2) is 8.46. The first-order chi connectivity index (χ1) is 12.1. The van der Waals surface area contributed by atoms with Gasteiger partial charge in [-0.2, -0.15) is 0 Å². The first-order valence-electron chi connectivity index (χ1n) is 8.53. The molecule has 0 radical (unpaired) electrons. The minimum atomic E-state index is -0.227. The Hall–Kier alpha value is -1.90. The van der Waals surface area contributed by atoms with Gasteiger partial charge < -0.3 is 19.9 Å². The van der Waals surface area contributed by atoms with Crippen molar-refractivity contribution in [2.45, 2.75) is 6.42 Å². The van der Waals surface area contributed by atoms with Gasteiger partial charge in [0.05, 0.1) is 30.0 Å². The zero-order valence-corrected chi connectivity index (χ0v) is 15.2. The Balaban J connectivity index is 1.36. The van der Waals surface area contributed by atoms with Crippen molar-refractivity contribution in [1.29, 1.82) is 0 Å². The highest BCUT2D eigenvalue weighted by molar-refractivity contribution is 7.17. The van der Waals surface area contributed by atoms with Crippen LogP contribution >= 0.6 is 11.3 Å². The van der Waals surface area contributed by atoms with Gasteiger partial charge in [-0.3, -0.25) is 14.5 Å². The molecule has 2 aromatic rings. The summed E-state index contributed by atoms with van der Waals surface area (Å²) in [7, 11) is 1.86. The maximum absolute atomic E-state index is 12.2. The van der Waals surface area contributed by atoms with Crippen LogP contribution in [0.4, 0.5) is 0 Å². The number of rotatable bonds is 7. The topological polar surface area (TPSA) is 75.6 Å². The van der Waals surface area contributed by atoms with Crippen molar-refractivity contribution in [3.05, 3.63) is 23.2 Å². The van der Waals surface area contributed by atoms with Gasteiger partial charge in [-0.25, -0.2) is 0 Å². The standard InChI is InChI=1S/C17H24N4O3S/c1-20-13-3-10-25-15(13)11-14(20)17(23)19-12-16(22)18-4-2-5-21-6-8-24-9-7-21/h3,10-11H,2,4-9,12H2,1H3,(H,18,22)(H,19,23). The summed E-state index contributed by atoms with van der Waals surface area (Å²) in [4.78, 5) is 26.5. The Bertz CT molecular complexity index is 733. The summed E-state index contributed by atoms with van der Waals surface area (Å²) in [6.45, 7) is 5.05. The number of ether oxygens (including phenoxy) is 1. The number of aromatic nitrogens is 1. The molecule has 2 amide bonds. The van der Waals surface area contributed by atoms with Gasteiger partial charge in [0.1, 0.15) is 5.69 Å². The number of hydrogen-bond donors (Lipinski definition) is 2. The molecule has 2 N–H and O–H groups in total. The maximum Gasteiger partial charge on any atom is 0.268 e. The summed E-state index contributed by atoms with van der Waals surface area (Å²) < 4.78 is 8.22. The summed E-state index contributed by atoms with van der Waals surface area (Å²) in [5.74, 6) is -0.388. The molecule has 1 aliphatic rings. The number of amides is 2. The van der Waals surface area contributed by atoms with E-state index in [4.69, 9.17) is 4.74 Å². The summed E-state index contributed by atoms with van der Waals surface area (Å²) in [5.41, 5.74) is 1.60. The van der Waals surface area contributed by atoms with E-state index in [1.54, 1.807) is 11.3 Å². The minimum Gasteiger partial charge on any atom is -0.379 e. The smallest absolute Gasteiger partial charge is 0.268 e. The predicted molar refractivity (Wildman–Crippen MR) is 98.0 cm³/mol. The highest BCUT2D eigenvalue weighted by Crippen LogP contribution is 2.23. The monoisotopic (exact) mass is 364 g/mol. The van der Waals surface area contributed by atoms with Gasteiger partial charge in [0, 0.05) is 26.7 Å². The van der Waals surface area contributed by atoms with Crippen molar-refractivity contribution in [1.82, 2.24) is 20.1 Å². The van der Waals surface area contributed by atoms with Gasteiger partial charge in [0.25, 0.3) is 5.91 Å². The molecule has 3 rings (SSSR count). The SMILES string of the molecule is Cn1c(C(=O)NCC(=O)NCCCN2CCOCC2)cc2sccc21. The average molecular weight is 364 g/mol. The molecule has 0 aliphatic carbocycles. The Morgan fingerprint density at radius 2 is 2.08 bits per heavy atom. The summed E-state index contributed by atoms with van der Waals surface area (Å²) in [6.07, 6.45) is 0.897. The third kappa shape index (κ3) is 4.59. The molecule has 25 heavy (non-hydrogen) atoms. The van der Waals surface area contributed by atoms with Crippen LogP contribution in [-0.2, 0) is 16.6 Å². The van der Waals surface area contributed by atoms with E-state index in [1.165, 1.54) is 0 Å². The van der Waals surface area contributed by atoms with E-state index >= 15 is 0 Å². The molecule has 7 nitrogen and oxygen atoms in total. The second-order valence-corrected chi connectivity index (χ2v) is 7.05. The summed E-state index contributed by atoms with van der Waals surface area (Å²) in [5, 5.41) is 7.53. The number of carbonyl (C=O) groups is 2. The van der Waals surface area contributed by atoms with Crippen LogP contribution in [0.5, 0.6) is 0 Å². The molecule has 0 saturated carbocycles. The van der Waals surface area contributed by atoms with Crippen molar-refractivity contribution in [2.75, 3.05) is 45.9 Å². The molecule has 0 spiro atoms. The van der Waals surface area contributed by atoms with Crippen molar-refractivity contribution in [3.8, 4) is 0 Å². The number of fused-ring (bicyclic) bond motifs is 1. The lowest BCUT2D eigenvalue weighted by Crippen LogP contribution is -2.40. The fourth-order valence-corrected chi connectivity index (χ4v) is 3.79. The van der Waals surface area contributed by atoms with Crippen LogP contribution < -0.4 is 10.6 Å². The van der Waals surface area contributed by atoms with E-state index in [0.29, 0.717) is 12.2 Å². The molecule has 1 fully saturated rings. The van der Waals surface area contributed by atoms with Gasteiger partial charge in [-0.05, 0) is 30.5 Å². The van der Waals surface area contributed by atoms with Crippen molar-refractivity contribution in [3.63, 3.8) is 0 Å². The van der Waals surface area contributed by atoms with Gasteiger partial charge in [0.2, 0.25) is 5.91 Å². The van der Waals surface area contributed by atoms with Crippen molar-refractivity contribution in [2.24, 2.45) is 7.05 Å². The van der Waals surface area contributed by atoms with E-state index in [-0.39, 0.29) is 18.4 Å². The highest BCUT2D eigenvalue weighted by atomic mass is 32.1. The zero-order chi connectivity index (χ0) is 17.6. The molecule has 0 bridgehead atoms. The van der Waals surface area contributed by atoms with Crippen LogP contribution in [0.2, 0.25) is 0 Å². The highest BCUT2D eigenvalue weighted by Gasteiger charge is 2.15. The van der Waals surface area contributed by atoms with Gasteiger partial charge in [0.15, 0.2) is 0 Å². The number of thiophene rings is 1. The van der Waals surface area contributed by atoms with Crippen LogP contribution in [0.25, 0.3) is 10.2 Å². The third-order valence-electron chi connectivity index (χ3n) is 4.38. The first kappa shape index (κ1) is 17.9. The Morgan fingerprint density at radius 1 is 1.28 bits per heavy atom. The van der Waals surface area contributed by atoms with Gasteiger partial charge in [-0.15, -0.1) is 11.3 Å². The van der Waals surface area contributed by atoms with Gasteiger partial charge in [-0.1, -0.05) is 0 Å². The van der Waals surface area contributed by atoms with Crippen LogP contribution in [0.15, 0.2) is 17.5 Å². The lowest BCUT2D eigenvalue weighted by atomic mass is 10.3. The van der Waals surface area contributed by atoms with Crippen LogP contribution in [0, 0.1) is 0 Å². The normalized spacial score (nSPS) is 15.4. The maximum atomic E-state index is 12.2. The molecule has 3 heterocycles. The minimum absolute atomic E-state index is 0.00475. The fourth-order valence-electron chi connectivity index (χ4n) is 2.94. The molecule has 0 aromatic carbocycles. The number of nitrogens with zero attached hydrogens (tertiary/aromatic N) is 2. The number of nitrogens with one attached hydrogen (secondary N) is 2. The molecule has 8 heteroatoms. The van der Waals surface area contributed by atoms with Crippen LogP contribution in [0.3, 0.4) is 0 Å². The van der Waals surface area contributed by atoms with Crippen molar-refractivity contribution < 1.29 is 14.3 Å². The Morgan fingerprint density at radius 3 is 2.84 bits per heavy atom. The third-order valence-corrected chi connectivity index (χ3v) is 5.24. The largest absolute Gasteiger partial charge is 0.379 e. The molecular weight excluding hydrogens is 340 g/mol. The molecule has 2 aromatic heterocycles.